The third kappa shape index (κ3) is 2.46. The molecule has 1 atom stereocenters. The number of rotatable bonds is 2. The van der Waals surface area contributed by atoms with E-state index in [0.717, 1.165) is 25.5 Å². The summed E-state index contributed by atoms with van der Waals surface area (Å²) in [5.41, 5.74) is 2.64. The lowest BCUT2D eigenvalue weighted by atomic mass is 10.1. The zero-order chi connectivity index (χ0) is 13.2. The summed E-state index contributed by atoms with van der Waals surface area (Å²) in [6, 6.07) is 9.02. The molecule has 1 aliphatic rings. The standard InChI is InChI=1S/C14H19N5/c1-11-8-19(9-14-16-10-17-18(14)2)13-6-4-3-5-12(13)7-15-11/h3-6,10-11,15H,7-9H2,1-2H3. The molecule has 1 aromatic carbocycles. The summed E-state index contributed by atoms with van der Waals surface area (Å²) in [6.45, 7) is 4.91. The number of hydrogen-bond acceptors (Lipinski definition) is 4. The van der Waals surface area contributed by atoms with Crippen molar-refractivity contribution in [1.29, 1.82) is 0 Å². The molecule has 3 rings (SSSR count). The van der Waals surface area contributed by atoms with Gasteiger partial charge in [-0.05, 0) is 18.6 Å². The Morgan fingerprint density at radius 1 is 1.37 bits per heavy atom. The maximum Gasteiger partial charge on any atom is 0.146 e. The van der Waals surface area contributed by atoms with Crippen molar-refractivity contribution in [2.45, 2.75) is 26.1 Å². The first-order chi connectivity index (χ1) is 9.24. The van der Waals surface area contributed by atoms with E-state index in [4.69, 9.17) is 0 Å². The van der Waals surface area contributed by atoms with E-state index in [0.29, 0.717) is 6.04 Å². The molecular weight excluding hydrogens is 238 g/mol. The van der Waals surface area contributed by atoms with Crippen LogP contribution in [0.25, 0.3) is 0 Å². The molecule has 0 aliphatic carbocycles. The maximum absolute atomic E-state index is 4.33. The van der Waals surface area contributed by atoms with Crippen molar-refractivity contribution in [2.75, 3.05) is 11.4 Å². The number of aromatic nitrogens is 3. The van der Waals surface area contributed by atoms with E-state index < -0.39 is 0 Å². The third-order valence-electron chi connectivity index (χ3n) is 3.60. The Kier molecular flexibility index (Phi) is 3.21. The normalized spacial score (nSPS) is 19.1. The van der Waals surface area contributed by atoms with Gasteiger partial charge in [0.15, 0.2) is 0 Å². The molecule has 0 bridgehead atoms. The Morgan fingerprint density at radius 3 is 3.00 bits per heavy atom. The molecule has 0 saturated carbocycles. The number of anilines is 1. The summed E-state index contributed by atoms with van der Waals surface area (Å²) in [7, 11) is 1.94. The molecule has 1 aliphatic heterocycles. The van der Waals surface area contributed by atoms with Crippen molar-refractivity contribution in [3.05, 3.63) is 42.0 Å². The maximum atomic E-state index is 4.33. The number of aryl methyl sites for hydroxylation is 1. The molecule has 0 saturated heterocycles. The van der Waals surface area contributed by atoms with Crippen molar-refractivity contribution >= 4 is 5.69 Å². The molecule has 2 aromatic rings. The van der Waals surface area contributed by atoms with Crippen LogP contribution < -0.4 is 10.2 Å². The first kappa shape index (κ1) is 12.2. The largest absolute Gasteiger partial charge is 0.362 e. The highest BCUT2D eigenvalue weighted by Crippen LogP contribution is 2.24. The first-order valence-electron chi connectivity index (χ1n) is 6.63. The average Bonchev–Trinajstić information content (AvgIpc) is 2.73. The number of nitrogens with zero attached hydrogens (tertiary/aromatic N) is 4. The monoisotopic (exact) mass is 257 g/mol. The molecule has 19 heavy (non-hydrogen) atoms. The quantitative estimate of drug-likeness (QED) is 0.881. The topological polar surface area (TPSA) is 46.0 Å². The number of hydrogen-bond donors (Lipinski definition) is 1. The summed E-state index contributed by atoms with van der Waals surface area (Å²) < 4.78 is 1.84. The lowest BCUT2D eigenvalue weighted by Gasteiger charge is -2.25. The van der Waals surface area contributed by atoms with E-state index in [-0.39, 0.29) is 0 Å². The van der Waals surface area contributed by atoms with E-state index in [9.17, 15) is 0 Å². The molecule has 1 N–H and O–H groups in total. The van der Waals surface area contributed by atoms with Crippen LogP contribution in [0.15, 0.2) is 30.6 Å². The Bertz CT molecular complexity index is 562. The zero-order valence-electron chi connectivity index (χ0n) is 11.4. The molecule has 1 unspecified atom stereocenters. The van der Waals surface area contributed by atoms with Crippen molar-refractivity contribution in [3.63, 3.8) is 0 Å². The fraction of sp³-hybridized carbons (Fsp3) is 0.429. The molecule has 0 amide bonds. The fourth-order valence-electron chi connectivity index (χ4n) is 2.53. The van der Waals surface area contributed by atoms with Gasteiger partial charge in [0, 0.05) is 31.9 Å². The SMILES string of the molecule is CC1CN(Cc2ncnn2C)c2ccccc2CN1. The molecule has 5 nitrogen and oxygen atoms in total. The van der Waals surface area contributed by atoms with Crippen molar-refractivity contribution in [2.24, 2.45) is 7.05 Å². The Balaban J connectivity index is 1.92. The van der Waals surface area contributed by atoms with Gasteiger partial charge in [0.2, 0.25) is 0 Å². The summed E-state index contributed by atoms with van der Waals surface area (Å²) in [5.74, 6) is 0.990. The van der Waals surface area contributed by atoms with E-state index in [2.05, 4.69) is 51.5 Å². The second-order valence-electron chi connectivity index (χ2n) is 5.09. The van der Waals surface area contributed by atoms with Crippen LogP contribution in [0.1, 0.15) is 18.3 Å². The Labute approximate surface area is 113 Å². The van der Waals surface area contributed by atoms with Gasteiger partial charge < -0.3 is 10.2 Å². The number of para-hydroxylation sites is 1. The lowest BCUT2D eigenvalue weighted by molar-refractivity contribution is 0.545. The lowest BCUT2D eigenvalue weighted by Crippen LogP contribution is -2.36. The fourth-order valence-corrected chi connectivity index (χ4v) is 2.53. The van der Waals surface area contributed by atoms with Crippen molar-refractivity contribution in [3.8, 4) is 0 Å². The van der Waals surface area contributed by atoms with Gasteiger partial charge >= 0.3 is 0 Å². The predicted octanol–water partition coefficient (Wildman–Crippen LogP) is 1.31. The van der Waals surface area contributed by atoms with E-state index in [1.54, 1.807) is 6.33 Å². The third-order valence-corrected chi connectivity index (χ3v) is 3.60. The van der Waals surface area contributed by atoms with Gasteiger partial charge in [0.25, 0.3) is 0 Å². The van der Waals surface area contributed by atoms with Crippen LogP contribution >= 0.6 is 0 Å². The molecule has 0 radical (unpaired) electrons. The zero-order valence-corrected chi connectivity index (χ0v) is 11.4. The van der Waals surface area contributed by atoms with Crippen molar-refractivity contribution < 1.29 is 0 Å². The summed E-state index contributed by atoms with van der Waals surface area (Å²) >= 11 is 0. The highest BCUT2D eigenvalue weighted by molar-refractivity contribution is 5.54. The van der Waals surface area contributed by atoms with Crippen molar-refractivity contribution in [1.82, 2.24) is 20.1 Å². The minimum atomic E-state index is 0.459. The molecule has 2 heterocycles. The Morgan fingerprint density at radius 2 is 2.21 bits per heavy atom. The van der Waals surface area contributed by atoms with Crippen LogP contribution in [0, 0.1) is 0 Å². The van der Waals surface area contributed by atoms with E-state index in [1.807, 2.05) is 11.7 Å². The minimum absolute atomic E-state index is 0.459. The molecule has 0 fully saturated rings. The van der Waals surface area contributed by atoms with Gasteiger partial charge in [-0.2, -0.15) is 5.10 Å². The Hall–Kier alpha value is -1.88. The molecule has 100 valence electrons. The highest BCUT2D eigenvalue weighted by Gasteiger charge is 2.19. The van der Waals surface area contributed by atoms with Gasteiger partial charge in [-0.3, -0.25) is 4.68 Å². The van der Waals surface area contributed by atoms with E-state index >= 15 is 0 Å². The predicted molar refractivity (Wildman–Crippen MR) is 74.8 cm³/mol. The summed E-state index contributed by atoms with van der Waals surface area (Å²) in [5, 5.41) is 7.68. The number of nitrogens with one attached hydrogen (secondary N) is 1. The van der Waals surface area contributed by atoms with E-state index in [1.165, 1.54) is 11.3 Å². The molecular formula is C14H19N5. The average molecular weight is 257 g/mol. The van der Waals surface area contributed by atoms with Gasteiger partial charge in [-0.1, -0.05) is 18.2 Å². The van der Waals surface area contributed by atoms with Gasteiger partial charge in [-0.25, -0.2) is 4.98 Å². The second kappa shape index (κ2) is 5.01. The molecule has 1 aromatic heterocycles. The summed E-state index contributed by atoms with van der Waals surface area (Å²) in [4.78, 5) is 6.71. The van der Waals surface area contributed by atoms with Crippen LogP contribution in [0.3, 0.4) is 0 Å². The minimum Gasteiger partial charge on any atom is -0.362 e. The van der Waals surface area contributed by atoms with Gasteiger partial charge in [-0.15, -0.1) is 0 Å². The van der Waals surface area contributed by atoms with Crippen LogP contribution in [0.5, 0.6) is 0 Å². The molecule has 0 spiro atoms. The van der Waals surface area contributed by atoms with Gasteiger partial charge in [0.05, 0.1) is 6.54 Å². The number of benzene rings is 1. The first-order valence-corrected chi connectivity index (χ1v) is 6.63. The van der Waals surface area contributed by atoms with Gasteiger partial charge in [0.1, 0.15) is 12.2 Å². The molecule has 5 heteroatoms. The number of fused-ring (bicyclic) bond motifs is 1. The summed E-state index contributed by atoms with van der Waals surface area (Å²) in [6.07, 6.45) is 1.61. The second-order valence-corrected chi connectivity index (χ2v) is 5.09. The van der Waals surface area contributed by atoms with Crippen LogP contribution in [0.2, 0.25) is 0 Å². The van der Waals surface area contributed by atoms with Crippen LogP contribution in [-0.2, 0) is 20.1 Å². The van der Waals surface area contributed by atoms with Crippen LogP contribution in [-0.4, -0.2) is 27.4 Å². The highest BCUT2D eigenvalue weighted by atomic mass is 15.3. The van der Waals surface area contributed by atoms with Crippen LogP contribution in [0.4, 0.5) is 5.69 Å². The smallest absolute Gasteiger partial charge is 0.146 e.